The Labute approximate surface area is 94.3 Å². The van der Waals surface area contributed by atoms with E-state index >= 15 is 0 Å². The van der Waals surface area contributed by atoms with Crippen LogP contribution in [0, 0.1) is 5.92 Å². The predicted octanol–water partition coefficient (Wildman–Crippen LogP) is 1.69. The van der Waals surface area contributed by atoms with Crippen LogP contribution in [0.5, 0.6) is 5.75 Å². The molecule has 0 saturated heterocycles. The first kappa shape index (κ1) is 12.2. The molecule has 1 aromatic rings. The van der Waals surface area contributed by atoms with Crippen molar-refractivity contribution in [3.8, 4) is 5.75 Å². The Kier molecular flexibility index (Phi) is 4.05. The fourth-order valence-electron chi connectivity index (χ4n) is 1.28. The third-order valence-electron chi connectivity index (χ3n) is 2.00. The van der Waals surface area contributed by atoms with E-state index in [0.717, 1.165) is 0 Å². The molecule has 0 spiro atoms. The number of rotatable bonds is 3. The second-order valence-electron chi connectivity index (χ2n) is 3.99. The summed E-state index contributed by atoms with van der Waals surface area (Å²) in [5.74, 6) is -0.832. The van der Waals surface area contributed by atoms with Crippen molar-refractivity contribution in [2.45, 2.75) is 20.3 Å². The van der Waals surface area contributed by atoms with Crippen LogP contribution in [0.2, 0.25) is 0 Å². The van der Waals surface area contributed by atoms with Crippen molar-refractivity contribution in [1.29, 1.82) is 0 Å². The van der Waals surface area contributed by atoms with Crippen LogP contribution >= 0.6 is 0 Å². The van der Waals surface area contributed by atoms with Crippen LogP contribution in [0.4, 0.5) is 0 Å². The van der Waals surface area contributed by atoms with Crippen molar-refractivity contribution in [2.75, 3.05) is 0 Å². The van der Waals surface area contributed by atoms with E-state index in [1.54, 1.807) is 12.1 Å². The van der Waals surface area contributed by atoms with Crippen LogP contribution < -0.4 is 5.32 Å². The number of aromatic hydroxyl groups is 1. The van der Waals surface area contributed by atoms with E-state index in [9.17, 15) is 14.7 Å². The van der Waals surface area contributed by atoms with E-state index in [4.69, 9.17) is 0 Å². The molecule has 4 nitrogen and oxygen atoms in total. The zero-order valence-electron chi connectivity index (χ0n) is 9.36. The molecule has 86 valence electrons. The lowest BCUT2D eigenvalue weighted by molar-refractivity contribution is -0.120. The molecule has 0 saturated carbocycles. The summed E-state index contributed by atoms with van der Waals surface area (Å²) in [5.41, 5.74) is 0.111. The summed E-state index contributed by atoms with van der Waals surface area (Å²) in [6, 6.07) is 6.11. The first-order valence-electron chi connectivity index (χ1n) is 5.13. The molecule has 4 heteroatoms. The monoisotopic (exact) mass is 221 g/mol. The van der Waals surface area contributed by atoms with Gasteiger partial charge in [-0.1, -0.05) is 26.0 Å². The SMILES string of the molecule is CC(C)CC(=O)NC(=O)c1ccccc1O. The van der Waals surface area contributed by atoms with E-state index in [0.29, 0.717) is 6.42 Å². The van der Waals surface area contributed by atoms with Crippen LogP contribution in [0.3, 0.4) is 0 Å². The Morgan fingerprint density at radius 2 is 1.94 bits per heavy atom. The minimum atomic E-state index is -0.566. The lowest BCUT2D eigenvalue weighted by Gasteiger charge is -2.06. The number of para-hydroxylation sites is 1. The van der Waals surface area contributed by atoms with Gasteiger partial charge in [0.2, 0.25) is 5.91 Å². The maximum Gasteiger partial charge on any atom is 0.261 e. The number of imide groups is 1. The van der Waals surface area contributed by atoms with Gasteiger partial charge in [0.25, 0.3) is 5.91 Å². The molecule has 0 aliphatic rings. The van der Waals surface area contributed by atoms with Gasteiger partial charge in [0.05, 0.1) is 5.56 Å². The molecule has 0 aromatic heterocycles. The molecule has 2 amide bonds. The average Bonchev–Trinajstić information content (AvgIpc) is 2.16. The molecule has 0 radical (unpaired) electrons. The summed E-state index contributed by atoms with van der Waals surface area (Å²) < 4.78 is 0. The first-order valence-corrected chi connectivity index (χ1v) is 5.13. The summed E-state index contributed by atoms with van der Waals surface area (Å²) in [5, 5.41) is 11.6. The van der Waals surface area contributed by atoms with Crippen molar-refractivity contribution in [1.82, 2.24) is 5.32 Å². The Bertz CT molecular complexity index is 399. The van der Waals surface area contributed by atoms with Gasteiger partial charge < -0.3 is 5.11 Å². The third-order valence-corrected chi connectivity index (χ3v) is 2.00. The smallest absolute Gasteiger partial charge is 0.261 e. The molecule has 0 aliphatic heterocycles. The van der Waals surface area contributed by atoms with Gasteiger partial charge in [-0.3, -0.25) is 14.9 Å². The summed E-state index contributed by atoms with van der Waals surface area (Å²) in [6.07, 6.45) is 0.291. The van der Waals surface area contributed by atoms with Gasteiger partial charge in [0.1, 0.15) is 5.75 Å². The number of benzene rings is 1. The Balaban J connectivity index is 2.66. The Morgan fingerprint density at radius 3 is 2.50 bits per heavy atom. The minimum Gasteiger partial charge on any atom is -0.507 e. The number of hydrogen-bond acceptors (Lipinski definition) is 3. The normalized spacial score (nSPS) is 10.2. The largest absolute Gasteiger partial charge is 0.507 e. The van der Waals surface area contributed by atoms with Crippen molar-refractivity contribution in [2.24, 2.45) is 5.92 Å². The highest BCUT2D eigenvalue weighted by Gasteiger charge is 2.14. The molecule has 0 fully saturated rings. The van der Waals surface area contributed by atoms with Crippen molar-refractivity contribution >= 4 is 11.8 Å². The number of amides is 2. The van der Waals surface area contributed by atoms with E-state index in [2.05, 4.69) is 5.32 Å². The van der Waals surface area contributed by atoms with Gasteiger partial charge in [-0.2, -0.15) is 0 Å². The zero-order valence-corrected chi connectivity index (χ0v) is 9.36. The van der Waals surface area contributed by atoms with Gasteiger partial charge in [0, 0.05) is 6.42 Å². The van der Waals surface area contributed by atoms with Gasteiger partial charge in [-0.05, 0) is 18.1 Å². The molecule has 0 atom stereocenters. The summed E-state index contributed by atoms with van der Waals surface area (Å²) >= 11 is 0. The fraction of sp³-hybridized carbons (Fsp3) is 0.333. The highest BCUT2D eigenvalue weighted by molar-refractivity contribution is 6.06. The number of phenols is 1. The third kappa shape index (κ3) is 3.38. The quantitative estimate of drug-likeness (QED) is 0.816. The molecule has 2 N–H and O–H groups in total. The standard InChI is InChI=1S/C12H15NO3/c1-8(2)7-11(15)13-12(16)9-5-3-4-6-10(9)14/h3-6,8,14H,7H2,1-2H3,(H,13,15,16). The highest BCUT2D eigenvalue weighted by Crippen LogP contribution is 2.15. The van der Waals surface area contributed by atoms with Crippen molar-refractivity contribution < 1.29 is 14.7 Å². The van der Waals surface area contributed by atoms with E-state index in [-0.39, 0.29) is 23.1 Å². The topological polar surface area (TPSA) is 66.4 Å². The van der Waals surface area contributed by atoms with E-state index in [1.807, 2.05) is 13.8 Å². The molecule has 1 aromatic carbocycles. The van der Waals surface area contributed by atoms with Crippen molar-refractivity contribution in [3.63, 3.8) is 0 Å². The van der Waals surface area contributed by atoms with Crippen LogP contribution in [-0.2, 0) is 4.79 Å². The Morgan fingerprint density at radius 1 is 1.31 bits per heavy atom. The number of hydrogen-bond donors (Lipinski definition) is 2. The minimum absolute atomic E-state index is 0.111. The van der Waals surface area contributed by atoms with E-state index in [1.165, 1.54) is 12.1 Å². The predicted molar refractivity (Wildman–Crippen MR) is 60.0 cm³/mol. The molecule has 1 rings (SSSR count). The molecule has 0 heterocycles. The van der Waals surface area contributed by atoms with Crippen LogP contribution in [-0.4, -0.2) is 16.9 Å². The lowest BCUT2D eigenvalue weighted by Crippen LogP contribution is -2.31. The Hall–Kier alpha value is -1.84. The number of phenolic OH excluding ortho intramolecular Hbond substituents is 1. The van der Waals surface area contributed by atoms with Gasteiger partial charge in [-0.25, -0.2) is 0 Å². The number of carbonyl (C=O) groups excluding carboxylic acids is 2. The maximum atomic E-state index is 11.6. The van der Waals surface area contributed by atoms with Crippen LogP contribution in [0.1, 0.15) is 30.6 Å². The van der Waals surface area contributed by atoms with Crippen LogP contribution in [0.25, 0.3) is 0 Å². The van der Waals surface area contributed by atoms with Crippen LogP contribution in [0.15, 0.2) is 24.3 Å². The molecule has 0 aliphatic carbocycles. The zero-order chi connectivity index (χ0) is 12.1. The fourth-order valence-corrected chi connectivity index (χ4v) is 1.28. The number of carbonyl (C=O) groups is 2. The lowest BCUT2D eigenvalue weighted by atomic mass is 10.1. The van der Waals surface area contributed by atoms with E-state index < -0.39 is 5.91 Å². The first-order chi connectivity index (χ1) is 7.50. The molecular formula is C12H15NO3. The van der Waals surface area contributed by atoms with Crippen molar-refractivity contribution in [3.05, 3.63) is 29.8 Å². The van der Waals surface area contributed by atoms with Gasteiger partial charge in [-0.15, -0.1) is 0 Å². The number of nitrogens with one attached hydrogen (secondary N) is 1. The van der Waals surface area contributed by atoms with Gasteiger partial charge in [0.15, 0.2) is 0 Å². The molecule has 0 bridgehead atoms. The summed E-state index contributed by atoms with van der Waals surface area (Å²) in [7, 11) is 0. The second kappa shape index (κ2) is 5.30. The molecule has 16 heavy (non-hydrogen) atoms. The highest BCUT2D eigenvalue weighted by atomic mass is 16.3. The van der Waals surface area contributed by atoms with Gasteiger partial charge >= 0.3 is 0 Å². The second-order valence-corrected chi connectivity index (χ2v) is 3.99. The maximum absolute atomic E-state index is 11.6. The summed E-state index contributed by atoms with van der Waals surface area (Å²) in [4.78, 5) is 22.9. The average molecular weight is 221 g/mol. The molecular weight excluding hydrogens is 206 g/mol. The molecule has 0 unspecified atom stereocenters. The summed E-state index contributed by atoms with van der Waals surface area (Å²) in [6.45, 7) is 3.79.